The highest BCUT2D eigenvalue weighted by Gasteiger charge is 2.26. The Bertz CT molecular complexity index is 1080. The van der Waals surface area contributed by atoms with E-state index in [4.69, 9.17) is 4.74 Å². The lowest BCUT2D eigenvalue weighted by atomic mass is 10.1. The summed E-state index contributed by atoms with van der Waals surface area (Å²) in [6.45, 7) is 7.16. The molecular weight excluding hydrogens is 402 g/mol. The fourth-order valence-corrected chi connectivity index (χ4v) is 4.43. The Morgan fingerprint density at radius 1 is 0.938 bits per heavy atom. The number of ether oxygens (including phenoxy) is 1. The molecule has 2 heterocycles. The average molecular weight is 434 g/mol. The molecule has 0 saturated carbocycles. The van der Waals surface area contributed by atoms with E-state index >= 15 is 0 Å². The predicted molar refractivity (Wildman–Crippen MR) is 126 cm³/mol. The Hall–Kier alpha value is -3.28. The third-order valence-corrected chi connectivity index (χ3v) is 6.13. The summed E-state index contributed by atoms with van der Waals surface area (Å²) in [5.74, 6) is 0.891. The first-order valence-corrected chi connectivity index (χ1v) is 11.4. The summed E-state index contributed by atoms with van der Waals surface area (Å²) in [4.78, 5) is 28.8. The highest BCUT2D eigenvalue weighted by atomic mass is 16.5. The molecule has 32 heavy (non-hydrogen) atoms. The largest absolute Gasteiger partial charge is 0.493 e. The van der Waals surface area contributed by atoms with Gasteiger partial charge in [-0.2, -0.15) is 0 Å². The van der Waals surface area contributed by atoms with Gasteiger partial charge in [-0.15, -0.1) is 0 Å². The second kappa shape index (κ2) is 9.90. The molecule has 0 N–H and O–H groups in total. The molecule has 0 atom stereocenters. The molecule has 0 aliphatic carbocycles. The second-order valence-corrected chi connectivity index (χ2v) is 8.19. The molecule has 1 aliphatic rings. The van der Waals surface area contributed by atoms with Crippen LogP contribution in [0.15, 0.2) is 54.6 Å². The van der Waals surface area contributed by atoms with Gasteiger partial charge in [0, 0.05) is 45.0 Å². The van der Waals surface area contributed by atoms with Gasteiger partial charge in [0.25, 0.3) is 5.91 Å². The van der Waals surface area contributed by atoms with Crippen LogP contribution in [0.3, 0.4) is 0 Å². The number of nitrogens with zero attached hydrogens (tertiary/aromatic N) is 3. The maximum Gasteiger partial charge on any atom is 0.270 e. The van der Waals surface area contributed by atoms with Crippen LogP contribution in [0.5, 0.6) is 5.75 Å². The number of carbonyl (C=O) groups excluding carboxylic acids is 2. The van der Waals surface area contributed by atoms with E-state index in [1.165, 1.54) is 5.56 Å². The smallest absolute Gasteiger partial charge is 0.270 e. The van der Waals surface area contributed by atoms with Crippen molar-refractivity contribution < 1.29 is 14.3 Å². The minimum atomic E-state index is 0.0200. The lowest BCUT2D eigenvalue weighted by molar-refractivity contribution is -0.130. The van der Waals surface area contributed by atoms with E-state index in [1.807, 2.05) is 36.1 Å². The van der Waals surface area contributed by atoms with Crippen LogP contribution in [-0.4, -0.2) is 59.0 Å². The SMILES string of the molecule is CCOc1cccc2c1cc(C(=O)N1CCN(C(C)=O)CC1)n2CCCc1ccccc1. The first-order chi connectivity index (χ1) is 15.6. The number of hydrogen-bond acceptors (Lipinski definition) is 3. The van der Waals surface area contributed by atoms with Crippen molar-refractivity contribution in [2.75, 3.05) is 32.8 Å². The quantitative estimate of drug-likeness (QED) is 0.566. The zero-order valence-corrected chi connectivity index (χ0v) is 18.9. The Labute approximate surface area is 189 Å². The maximum atomic E-state index is 13.5. The lowest BCUT2D eigenvalue weighted by Crippen LogP contribution is -2.50. The monoisotopic (exact) mass is 433 g/mol. The summed E-state index contributed by atoms with van der Waals surface area (Å²) in [6, 6.07) is 18.4. The zero-order valence-electron chi connectivity index (χ0n) is 18.9. The van der Waals surface area contributed by atoms with E-state index in [0.29, 0.717) is 38.5 Å². The Morgan fingerprint density at radius 2 is 1.66 bits per heavy atom. The Balaban J connectivity index is 1.61. The van der Waals surface area contributed by atoms with Crippen LogP contribution >= 0.6 is 0 Å². The van der Waals surface area contributed by atoms with E-state index < -0.39 is 0 Å². The molecule has 168 valence electrons. The van der Waals surface area contributed by atoms with Crippen LogP contribution in [0.25, 0.3) is 10.9 Å². The Morgan fingerprint density at radius 3 is 2.34 bits per heavy atom. The van der Waals surface area contributed by atoms with Crippen LogP contribution in [0.1, 0.15) is 36.3 Å². The van der Waals surface area contributed by atoms with Gasteiger partial charge in [-0.3, -0.25) is 9.59 Å². The van der Waals surface area contributed by atoms with Crippen LogP contribution in [0.2, 0.25) is 0 Å². The molecular formula is C26H31N3O3. The van der Waals surface area contributed by atoms with E-state index in [-0.39, 0.29) is 11.8 Å². The number of hydrogen-bond donors (Lipinski definition) is 0. The molecule has 0 bridgehead atoms. The van der Waals surface area contributed by atoms with Crippen LogP contribution in [-0.2, 0) is 17.8 Å². The van der Waals surface area contributed by atoms with Gasteiger partial charge in [-0.05, 0) is 43.5 Å². The van der Waals surface area contributed by atoms with Gasteiger partial charge in [-0.1, -0.05) is 36.4 Å². The van der Waals surface area contributed by atoms with Crippen molar-refractivity contribution in [3.8, 4) is 5.75 Å². The highest BCUT2D eigenvalue weighted by molar-refractivity contribution is 6.00. The number of carbonyl (C=O) groups is 2. The fraction of sp³-hybridized carbons (Fsp3) is 0.385. The highest BCUT2D eigenvalue weighted by Crippen LogP contribution is 2.30. The molecule has 2 amide bonds. The number of piperazine rings is 1. The number of amides is 2. The topological polar surface area (TPSA) is 54.8 Å². The maximum absolute atomic E-state index is 13.5. The van der Waals surface area contributed by atoms with Crippen LogP contribution in [0.4, 0.5) is 0 Å². The van der Waals surface area contributed by atoms with Crippen molar-refractivity contribution in [2.45, 2.75) is 33.2 Å². The third-order valence-electron chi connectivity index (χ3n) is 6.13. The summed E-state index contributed by atoms with van der Waals surface area (Å²) < 4.78 is 7.98. The van der Waals surface area contributed by atoms with E-state index in [2.05, 4.69) is 34.9 Å². The molecule has 0 spiro atoms. The van der Waals surface area contributed by atoms with Crippen LogP contribution in [0, 0.1) is 0 Å². The molecule has 3 aromatic rings. The van der Waals surface area contributed by atoms with Crippen molar-refractivity contribution in [1.29, 1.82) is 0 Å². The fourth-order valence-electron chi connectivity index (χ4n) is 4.43. The minimum Gasteiger partial charge on any atom is -0.493 e. The molecule has 1 aliphatic heterocycles. The van der Waals surface area contributed by atoms with Crippen LogP contribution < -0.4 is 4.74 Å². The summed E-state index contributed by atoms with van der Waals surface area (Å²) in [7, 11) is 0. The normalized spacial score (nSPS) is 14.1. The molecule has 2 aromatic carbocycles. The number of aryl methyl sites for hydroxylation is 2. The third kappa shape index (κ3) is 4.64. The number of benzene rings is 2. The van der Waals surface area contributed by atoms with Gasteiger partial charge in [0.1, 0.15) is 11.4 Å². The lowest BCUT2D eigenvalue weighted by Gasteiger charge is -2.34. The number of aromatic nitrogens is 1. The van der Waals surface area contributed by atoms with Gasteiger partial charge in [0.2, 0.25) is 5.91 Å². The molecule has 1 fully saturated rings. The van der Waals surface area contributed by atoms with Gasteiger partial charge in [-0.25, -0.2) is 0 Å². The number of fused-ring (bicyclic) bond motifs is 1. The molecule has 6 heteroatoms. The summed E-state index contributed by atoms with van der Waals surface area (Å²) in [5, 5.41) is 0.972. The molecule has 0 unspecified atom stereocenters. The molecule has 1 aromatic heterocycles. The van der Waals surface area contributed by atoms with Gasteiger partial charge in [0.15, 0.2) is 0 Å². The van der Waals surface area contributed by atoms with Gasteiger partial charge < -0.3 is 19.1 Å². The predicted octanol–water partition coefficient (Wildman–Crippen LogP) is 3.98. The number of rotatable bonds is 7. The van der Waals surface area contributed by atoms with Crippen molar-refractivity contribution in [2.24, 2.45) is 0 Å². The first kappa shape index (κ1) is 21.9. The Kier molecular flexibility index (Phi) is 6.78. The van der Waals surface area contributed by atoms with Crippen molar-refractivity contribution in [3.05, 3.63) is 65.9 Å². The average Bonchev–Trinajstić information content (AvgIpc) is 3.19. The summed E-state index contributed by atoms with van der Waals surface area (Å²) in [6.07, 6.45) is 1.89. The van der Waals surface area contributed by atoms with E-state index in [9.17, 15) is 9.59 Å². The van der Waals surface area contributed by atoms with Gasteiger partial charge >= 0.3 is 0 Å². The molecule has 0 radical (unpaired) electrons. The summed E-state index contributed by atoms with van der Waals surface area (Å²) >= 11 is 0. The van der Waals surface area contributed by atoms with E-state index in [1.54, 1.807) is 11.8 Å². The van der Waals surface area contributed by atoms with Crippen molar-refractivity contribution in [1.82, 2.24) is 14.4 Å². The summed E-state index contributed by atoms with van der Waals surface area (Å²) in [5.41, 5.74) is 3.01. The first-order valence-electron chi connectivity index (χ1n) is 11.4. The minimum absolute atomic E-state index is 0.0200. The molecule has 1 saturated heterocycles. The van der Waals surface area contributed by atoms with E-state index in [0.717, 1.165) is 36.0 Å². The second-order valence-electron chi connectivity index (χ2n) is 8.19. The van der Waals surface area contributed by atoms with Gasteiger partial charge in [0.05, 0.1) is 12.1 Å². The standard InChI is InChI=1S/C26H31N3O3/c1-3-32-25-13-7-12-23-22(25)19-24(26(31)28-17-15-27(16-18-28)20(2)30)29(23)14-8-11-21-9-5-4-6-10-21/h4-7,9-10,12-13,19H,3,8,11,14-18H2,1-2H3. The molecule has 6 nitrogen and oxygen atoms in total. The zero-order chi connectivity index (χ0) is 22.5. The van der Waals surface area contributed by atoms with Crippen molar-refractivity contribution >= 4 is 22.7 Å². The molecule has 4 rings (SSSR count). The van der Waals surface area contributed by atoms with Crippen molar-refractivity contribution in [3.63, 3.8) is 0 Å².